The lowest BCUT2D eigenvalue weighted by Crippen LogP contribution is -2.55. The predicted molar refractivity (Wildman–Crippen MR) is 129 cm³/mol. The number of fused-ring (bicyclic) bond motifs is 1. The fourth-order valence-electron chi connectivity index (χ4n) is 4.89. The van der Waals surface area contributed by atoms with E-state index in [2.05, 4.69) is 15.5 Å². The Bertz CT molecular complexity index is 1050. The van der Waals surface area contributed by atoms with Crippen molar-refractivity contribution in [1.29, 1.82) is 5.26 Å². The second-order valence-corrected chi connectivity index (χ2v) is 8.96. The van der Waals surface area contributed by atoms with Crippen LogP contribution in [0.4, 0.5) is 0 Å². The first-order valence-electron chi connectivity index (χ1n) is 12.0. The fourth-order valence-corrected chi connectivity index (χ4v) is 4.89. The number of piperazine rings is 1. The number of nitrogens with zero attached hydrogens (tertiary/aromatic N) is 5. The molecule has 1 aromatic carbocycles. The normalized spacial score (nSPS) is 18.5. The quantitative estimate of drug-likeness (QED) is 0.638. The van der Waals surface area contributed by atoms with Crippen molar-refractivity contribution in [2.24, 2.45) is 0 Å². The molecule has 1 unspecified atom stereocenters. The number of amides is 2. The maximum atomic E-state index is 12.8. The minimum absolute atomic E-state index is 0.00137. The van der Waals surface area contributed by atoms with E-state index in [0.717, 1.165) is 42.4 Å². The zero-order valence-corrected chi connectivity index (χ0v) is 19.4. The van der Waals surface area contributed by atoms with E-state index >= 15 is 0 Å². The molecule has 2 aliphatic heterocycles. The second kappa shape index (κ2) is 10.7. The number of aromatic nitrogens is 1. The number of benzene rings is 1. The molecule has 33 heavy (non-hydrogen) atoms. The SMILES string of the molecule is CC(C(=O)N1CCCCC1)N1CCN(C(=O)/C=C/c2cn(CCC#N)c3ccccc23)CC1. The van der Waals surface area contributed by atoms with E-state index in [1.165, 1.54) is 6.42 Å². The van der Waals surface area contributed by atoms with Gasteiger partial charge < -0.3 is 14.4 Å². The summed E-state index contributed by atoms with van der Waals surface area (Å²) in [6.45, 7) is 7.07. The Hall–Kier alpha value is -3.11. The molecule has 0 bridgehead atoms. The van der Waals surface area contributed by atoms with Gasteiger partial charge in [0, 0.05) is 74.6 Å². The van der Waals surface area contributed by atoms with Crippen molar-refractivity contribution >= 4 is 28.8 Å². The average Bonchev–Trinajstić information content (AvgIpc) is 3.23. The lowest BCUT2D eigenvalue weighted by atomic mass is 10.1. The van der Waals surface area contributed by atoms with Crippen LogP contribution in [0.3, 0.4) is 0 Å². The molecule has 0 saturated carbocycles. The number of carbonyl (C=O) groups excluding carboxylic acids is 2. The third kappa shape index (κ3) is 5.28. The highest BCUT2D eigenvalue weighted by atomic mass is 16.2. The Morgan fingerprint density at radius 2 is 1.76 bits per heavy atom. The van der Waals surface area contributed by atoms with Crippen LogP contribution in [-0.2, 0) is 16.1 Å². The summed E-state index contributed by atoms with van der Waals surface area (Å²) in [5, 5.41) is 10.0. The number of carbonyl (C=O) groups is 2. The van der Waals surface area contributed by atoms with Gasteiger partial charge in [0.1, 0.15) is 0 Å². The Labute approximate surface area is 195 Å². The molecular weight excluding hydrogens is 414 g/mol. The third-order valence-corrected chi connectivity index (χ3v) is 6.89. The molecule has 7 nitrogen and oxygen atoms in total. The van der Waals surface area contributed by atoms with Crippen molar-refractivity contribution in [2.75, 3.05) is 39.3 Å². The Kier molecular flexibility index (Phi) is 7.46. The molecule has 4 rings (SSSR count). The summed E-state index contributed by atoms with van der Waals surface area (Å²) in [6.07, 6.45) is 9.40. The van der Waals surface area contributed by atoms with Crippen LogP contribution < -0.4 is 0 Å². The Morgan fingerprint density at radius 1 is 1.03 bits per heavy atom. The van der Waals surface area contributed by atoms with E-state index in [-0.39, 0.29) is 17.9 Å². The van der Waals surface area contributed by atoms with Gasteiger partial charge in [-0.15, -0.1) is 0 Å². The number of rotatable bonds is 6. The molecule has 0 aliphatic carbocycles. The molecule has 0 spiro atoms. The number of nitriles is 1. The van der Waals surface area contributed by atoms with Gasteiger partial charge in [-0.05, 0) is 38.3 Å². The van der Waals surface area contributed by atoms with Crippen molar-refractivity contribution in [3.8, 4) is 6.07 Å². The van der Waals surface area contributed by atoms with E-state index in [1.807, 2.05) is 53.3 Å². The first-order valence-corrected chi connectivity index (χ1v) is 12.0. The number of para-hydroxylation sites is 1. The van der Waals surface area contributed by atoms with Crippen molar-refractivity contribution in [2.45, 2.75) is 45.2 Å². The molecule has 2 aliphatic rings. The van der Waals surface area contributed by atoms with Crippen LogP contribution in [0.25, 0.3) is 17.0 Å². The van der Waals surface area contributed by atoms with Crippen LogP contribution in [0.1, 0.15) is 38.2 Å². The molecule has 1 atom stereocenters. The third-order valence-electron chi connectivity index (χ3n) is 6.89. The molecule has 0 N–H and O–H groups in total. The van der Waals surface area contributed by atoms with E-state index in [0.29, 0.717) is 39.1 Å². The van der Waals surface area contributed by atoms with Gasteiger partial charge in [-0.3, -0.25) is 14.5 Å². The molecule has 2 aromatic rings. The van der Waals surface area contributed by atoms with Crippen LogP contribution in [0.15, 0.2) is 36.5 Å². The van der Waals surface area contributed by atoms with Gasteiger partial charge in [-0.25, -0.2) is 0 Å². The molecule has 0 radical (unpaired) electrons. The lowest BCUT2D eigenvalue weighted by Gasteiger charge is -2.39. The van der Waals surface area contributed by atoms with E-state index in [4.69, 9.17) is 5.26 Å². The fraction of sp³-hybridized carbons (Fsp3) is 0.500. The van der Waals surface area contributed by atoms with E-state index < -0.39 is 0 Å². The zero-order valence-electron chi connectivity index (χ0n) is 19.4. The first-order chi connectivity index (χ1) is 16.1. The van der Waals surface area contributed by atoms with Crippen LogP contribution in [0, 0.1) is 11.3 Å². The lowest BCUT2D eigenvalue weighted by molar-refractivity contribution is -0.138. The van der Waals surface area contributed by atoms with Crippen LogP contribution in [-0.4, -0.2) is 76.4 Å². The summed E-state index contributed by atoms with van der Waals surface area (Å²) in [5.41, 5.74) is 2.05. The highest BCUT2D eigenvalue weighted by Gasteiger charge is 2.30. The van der Waals surface area contributed by atoms with Gasteiger partial charge in [0.25, 0.3) is 0 Å². The minimum atomic E-state index is -0.129. The summed E-state index contributed by atoms with van der Waals surface area (Å²) in [7, 11) is 0. The highest BCUT2D eigenvalue weighted by molar-refractivity contribution is 5.96. The van der Waals surface area contributed by atoms with Crippen molar-refractivity contribution in [3.05, 3.63) is 42.1 Å². The summed E-state index contributed by atoms with van der Waals surface area (Å²) in [5.74, 6) is 0.223. The number of hydrogen-bond donors (Lipinski definition) is 0. The molecular formula is C26H33N5O2. The van der Waals surface area contributed by atoms with E-state index in [1.54, 1.807) is 6.08 Å². The highest BCUT2D eigenvalue weighted by Crippen LogP contribution is 2.23. The number of likely N-dealkylation sites (tertiary alicyclic amines) is 1. The van der Waals surface area contributed by atoms with Gasteiger partial charge in [-0.1, -0.05) is 18.2 Å². The summed E-state index contributed by atoms with van der Waals surface area (Å²) >= 11 is 0. The van der Waals surface area contributed by atoms with Gasteiger partial charge >= 0.3 is 0 Å². The predicted octanol–water partition coefficient (Wildman–Crippen LogP) is 3.11. The number of piperidine rings is 1. The monoisotopic (exact) mass is 447 g/mol. The molecule has 2 saturated heterocycles. The molecule has 2 fully saturated rings. The van der Waals surface area contributed by atoms with Gasteiger partial charge in [0.2, 0.25) is 11.8 Å². The maximum absolute atomic E-state index is 12.8. The van der Waals surface area contributed by atoms with Gasteiger partial charge in [0.05, 0.1) is 18.5 Å². The zero-order chi connectivity index (χ0) is 23.2. The number of aryl methyl sites for hydroxylation is 1. The number of hydrogen-bond acceptors (Lipinski definition) is 4. The van der Waals surface area contributed by atoms with Crippen molar-refractivity contribution < 1.29 is 9.59 Å². The minimum Gasteiger partial charge on any atom is -0.346 e. The van der Waals surface area contributed by atoms with Gasteiger partial charge in [-0.2, -0.15) is 5.26 Å². The van der Waals surface area contributed by atoms with Crippen LogP contribution in [0.2, 0.25) is 0 Å². The Balaban J connectivity index is 1.35. The molecule has 1 aromatic heterocycles. The smallest absolute Gasteiger partial charge is 0.246 e. The molecule has 2 amide bonds. The standard InChI is InChI=1S/C26H33N5O2/c1-21(26(33)30-13-5-2-6-14-30)28-16-18-29(19-17-28)25(32)11-10-22-20-31(15-7-12-27)24-9-4-3-8-23(22)24/h3-4,8-11,20-21H,2,5-7,13-19H2,1H3/b11-10+. The molecule has 7 heteroatoms. The van der Waals surface area contributed by atoms with Crippen molar-refractivity contribution in [1.82, 2.24) is 19.3 Å². The van der Waals surface area contributed by atoms with Crippen LogP contribution >= 0.6 is 0 Å². The molecule has 174 valence electrons. The van der Waals surface area contributed by atoms with Crippen LogP contribution in [0.5, 0.6) is 0 Å². The van der Waals surface area contributed by atoms with Gasteiger partial charge in [0.15, 0.2) is 0 Å². The second-order valence-electron chi connectivity index (χ2n) is 8.96. The summed E-state index contributed by atoms with van der Waals surface area (Å²) in [4.78, 5) is 31.7. The topological polar surface area (TPSA) is 72.6 Å². The largest absolute Gasteiger partial charge is 0.346 e. The van der Waals surface area contributed by atoms with E-state index in [9.17, 15) is 9.59 Å². The Morgan fingerprint density at radius 3 is 2.48 bits per heavy atom. The maximum Gasteiger partial charge on any atom is 0.246 e. The van der Waals surface area contributed by atoms with Crippen molar-refractivity contribution in [3.63, 3.8) is 0 Å². The first kappa shape index (κ1) is 23.1. The average molecular weight is 448 g/mol. The summed E-state index contributed by atoms with van der Waals surface area (Å²) < 4.78 is 2.07. The molecule has 3 heterocycles. The summed E-state index contributed by atoms with van der Waals surface area (Å²) in [6, 6.07) is 10.1.